The van der Waals surface area contributed by atoms with E-state index < -0.39 is 12.0 Å². The maximum atomic E-state index is 13.7. The summed E-state index contributed by atoms with van der Waals surface area (Å²) in [7, 11) is 3.25. The summed E-state index contributed by atoms with van der Waals surface area (Å²) in [6.07, 6.45) is 0.764. The maximum absolute atomic E-state index is 13.7. The van der Waals surface area contributed by atoms with Crippen LogP contribution >= 0.6 is 0 Å². The van der Waals surface area contributed by atoms with Gasteiger partial charge in [0.25, 0.3) is 0 Å². The van der Waals surface area contributed by atoms with E-state index in [1.807, 2.05) is 81.4 Å². The zero-order valence-corrected chi connectivity index (χ0v) is 20.9. The number of carbonyl (C=O) groups is 2. The lowest BCUT2D eigenvalue weighted by molar-refractivity contribution is -0.125. The summed E-state index contributed by atoms with van der Waals surface area (Å²) in [5.41, 5.74) is 5.38. The van der Waals surface area contributed by atoms with Gasteiger partial charge in [-0.25, -0.2) is 0 Å². The molecule has 2 amide bonds. The Kier molecular flexibility index (Phi) is 7.10. The highest BCUT2D eigenvalue weighted by Gasteiger charge is 2.41. The highest BCUT2D eigenvalue weighted by Crippen LogP contribution is 2.41. The SMILES string of the molecule is COc1ccc(C2C(C(=O)Nc3ccc(C)c(OC)c3C)CCC(=O)N2c2ccc(C)cc2)cc1. The van der Waals surface area contributed by atoms with Crippen molar-refractivity contribution >= 4 is 23.2 Å². The van der Waals surface area contributed by atoms with Crippen molar-refractivity contribution in [2.75, 3.05) is 24.4 Å². The molecular formula is C29H32N2O4. The Balaban J connectivity index is 1.74. The van der Waals surface area contributed by atoms with Gasteiger partial charge in [0.15, 0.2) is 0 Å². The van der Waals surface area contributed by atoms with Crippen molar-refractivity contribution in [2.45, 2.75) is 39.7 Å². The normalized spacial score (nSPS) is 17.7. The molecule has 182 valence electrons. The minimum Gasteiger partial charge on any atom is -0.497 e. The van der Waals surface area contributed by atoms with Crippen molar-refractivity contribution in [3.8, 4) is 11.5 Å². The summed E-state index contributed by atoms with van der Waals surface area (Å²) in [5.74, 6) is 0.932. The molecule has 35 heavy (non-hydrogen) atoms. The van der Waals surface area contributed by atoms with E-state index in [0.717, 1.165) is 39.4 Å². The Morgan fingerprint density at radius 2 is 1.60 bits per heavy atom. The van der Waals surface area contributed by atoms with Crippen LogP contribution < -0.4 is 19.7 Å². The monoisotopic (exact) mass is 472 g/mol. The Morgan fingerprint density at radius 1 is 0.914 bits per heavy atom. The average molecular weight is 473 g/mol. The van der Waals surface area contributed by atoms with E-state index in [1.54, 1.807) is 19.1 Å². The molecule has 0 radical (unpaired) electrons. The zero-order chi connectivity index (χ0) is 25.1. The molecule has 1 N–H and O–H groups in total. The van der Waals surface area contributed by atoms with Gasteiger partial charge < -0.3 is 19.7 Å². The van der Waals surface area contributed by atoms with Gasteiger partial charge in [-0.1, -0.05) is 35.9 Å². The molecule has 3 aromatic carbocycles. The fourth-order valence-corrected chi connectivity index (χ4v) is 4.86. The van der Waals surface area contributed by atoms with E-state index in [1.165, 1.54) is 0 Å². The molecule has 4 rings (SSSR count). The van der Waals surface area contributed by atoms with Crippen molar-refractivity contribution in [2.24, 2.45) is 5.92 Å². The molecule has 1 aliphatic heterocycles. The summed E-state index contributed by atoms with van der Waals surface area (Å²) in [4.78, 5) is 28.8. The second kappa shape index (κ2) is 10.2. The lowest BCUT2D eigenvalue weighted by Crippen LogP contribution is -2.47. The molecule has 6 heteroatoms. The molecule has 0 spiro atoms. The molecule has 0 aromatic heterocycles. The van der Waals surface area contributed by atoms with Gasteiger partial charge in [-0.05, 0) is 68.7 Å². The molecule has 1 fully saturated rings. The van der Waals surface area contributed by atoms with Crippen LogP contribution in [0.5, 0.6) is 11.5 Å². The van der Waals surface area contributed by atoms with E-state index in [0.29, 0.717) is 18.5 Å². The first-order chi connectivity index (χ1) is 16.8. The van der Waals surface area contributed by atoms with Crippen LogP contribution in [0.2, 0.25) is 0 Å². The number of nitrogens with one attached hydrogen (secondary N) is 1. The maximum Gasteiger partial charge on any atom is 0.229 e. The number of hydrogen-bond acceptors (Lipinski definition) is 4. The zero-order valence-electron chi connectivity index (χ0n) is 20.9. The Morgan fingerprint density at radius 3 is 2.23 bits per heavy atom. The largest absolute Gasteiger partial charge is 0.497 e. The Hall–Kier alpha value is -3.80. The number of ether oxygens (including phenoxy) is 2. The van der Waals surface area contributed by atoms with Crippen molar-refractivity contribution in [1.29, 1.82) is 0 Å². The standard InChI is InChI=1S/C29H32N2O4/c1-18-6-11-22(12-7-18)31-26(32)17-15-24(27(31)21-9-13-23(34-4)14-10-21)29(33)30-25-16-8-19(2)28(35-5)20(25)3/h6-14,16,24,27H,15,17H2,1-5H3,(H,30,33). The molecule has 6 nitrogen and oxygen atoms in total. The van der Waals surface area contributed by atoms with Gasteiger partial charge in [-0.15, -0.1) is 0 Å². The molecule has 0 saturated carbocycles. The second-order valence-electron chi connectivity index (χ2n) is 9.04. The number of anilines is 2. The van der Waals surface area contributed by atoms with E-state index in [-0.39, 0.29) is 11.8 Å². The fourth-order valence-electron chi connectivity index (χ4n) is 4.86. The van der Waals surface area contributed by atoms with Crippen molar-refractivity contribution in [1.82, 2.24) is 0 Å². The molecule has 2 atom stereocenters. The average Bonchev–Trinajstić information content (AvgIpc) is 2.86. The highest BCUT2D eigenvalue weighted by atomic mass is 16.5. The molecule has 3 aromatic rings. The second-order valence-corrected chi connectivity index (χ2v) is 9.04. The number of aryl methyl sites for hydroxylation is 2. The summed E-state index contributed by atoms with van der Waals surface area (Å²) in [6.45, 7) is 5.92. The number of methoxy groups -OCH3 is 2. The summed E-state index contributed by atoms with van der Waals surface area (Å²) in [5, 5.41) is 3.12. The van der Waals surface area contributed by atoms with Crippen LogP contribution in [0.4, 0.5) is 11.4 Å². The summed E-state index contributed by atoms with van der Waals surface area (Å²) >= 11 is 0. The Labute approximate surface area is 206 Å². The lowest BCUT2D eigenvalue weighted by Gasteiger charge is -2.41. The van der Waals surface area contributed by atoms with Gasteiger partial charge >= 0.3 is 0 Å². The van der Waals surface area contributed by atoms with Gasteiger partial charge in [-0.2, -0.15) is 0 Å². The number of carbonyl (C=O) groups excluding carboxylic acids is 2. The van der Waals surface area contributed by atoms with Gasteiger partial charge in [0.1, 0.15) is 11.5 Å². The predicted molar refractivity (Wildman–Crippen MR) is 138 cm³/mol. The van der Waals surface area contributed by atoms with E-state index >= 15 is 0 Å². The number of hydrogen-bond donors (Lipinski definition) is 1. The van der Waals surface area contributed by atoms with Gasteiger partial charge in [0.05, 0.1) is 26.2 Å². The van der Waals surface area contributed by atoms with Crippen LogP contribution in [0.25, 0.3) is 0 Å². The molecule has 1 heterocycles. The molecular weight excluding hydrogens is 440 g/mol. The van der Waals surface area contributed by atoms with Gasteiger partial charge in [0, 0.05) is 23.4 Å². The molecule has 0 bridgehead atoms. The first-order valence-corrected chi connectivity index (χ1v) is 11.8. The van der Waals surface area contributed by atoms with Crippen molar-refractivity contribution in [3.63, 3.8) is 0 Å². The third-order valence-electron chi connectivity index (χ3n) is 6.77. The van der Waals surface area contributed by atoms with Crippen LogP contribution in [0.1, 0.15) is 41.1 Å². The number of nitrogens with zero attached hydrogens (tertiary/aromatic N) is 1. The van der Waals surface area contributed by atoms with Crippen LogP contribution in [-0.2, 0) is 9.59 Å². The first-order valence-electron chi connectivity index (χ1n) is 11.8. The minimum atomic E-state index is -0.447. The number of piperidine rings is 1. The van der Waals surface area contributed by atoms with Crippen LogP contribution in [0, 0.1) is 26.7 Å². The van der Waals surface area contributed by atoms with E-state index in [4.69, 9.17) is 9.47 Å². The van der Waals surface area contributed by atoms with Gasteiger partial charge in [-0.3, -0.25) is 9.59 Å². The number of amides is 2. The number of benzene rings is 3. The number of rotatable bonds is 6. The Bertz CT molecular complexity index is 1220. The van der Waals surface area contributed by atoms with E-state index in [9.17, 15) is 9.59 Å². The smallest absolute Gasteiger partial charge is 0.229 e. The molecule has 1 saturated heterocycles. The first kappa shape index (κ1) is 24.3. The fraction of sp³-hybridized carbons (Fsp3) is 0.310. The minimum absolute atomic E-state index is 0.00640. The third kappa shape index (κ3) is 4.87. The topological polar surface area (TPSA) is 67.9 Å². The third-order valence-corrected chi connectivity index (χ3v) is 6.77. The predicted octanol–water partition coefficient (Wildman–Crippen LogP) is 5.75. The summed E-state index contributed by atoms with van der Waals surface area (Å²) < 4.78 is 10.9. The lowest BCUT2D eigenvalue weighted by atomic mass is 9.83. The van der Waals surface area contributed by atoms with Crippen LogP contribution in [0.15, 0.2) is 60.7 Å². The van der Waals surface area contributed by atoms with Crippen LogP contribution in [-0.4, -0.2) is 26.0 Å². The van der Waals surface area contributed by atoms with Crippen molar-refractivity contribution < 1.29 is 19.1 Å². The summed E-state index contributed by atoms with van der Waals surface area (Å²) in [6, 6.07) is 18.9. The van der Waals surface area contributed by atoms with Gasteiger partial charge in [0.2, 0.25) is 11.8 Å². The van der Waals surface area contributed by atoms with E-state index in [2.05, 4.69) is 5.32 Å². The van der Waals surface area contributed by atoms with Crippen molar-refractivity contribution in [3.05, 3.63) is 82.9 Å². The molecule has 2 unspecified atom stereocenters. The van der Waals surface area contributed by atoms with Crippen LogP contribution in [0.3, 0.4) is 0 Å². The molecule has 1 aliphatic rings. The quantitative estimate of drug-likeness (QED) is 0.496. The highest BCUT2D eigenvalue weighted by molar-refractivity contribution is 6.00. The molecule has 0 aliphatic carbocycles.